The van der Waals surface area contributed by atoms with Crippen molar-refractivity contribution < 1.29 is 0 Å². The molecule has 2 heterocycles. The van der Waals surface area contributed by atoms with E-state index in [0.29, 0.717) is 0 Å². The van der Waals surface area contributed by atoms with E-state index < -0.39 is 0 Å². The number of aromatic nitrogens is 2. The largest absolute Gasteiger partial charge is 0.368 e. The first-order chi connectivity index (χ1) is 13.9. The first-order valence-electron chi connectivity index (χ1n) is 9.74. The van der Waals surface area contributed by atoms with Crippen LogP contribution in [-0.2, 0) is 0 Å². The van der Waals surface area contributed by atoms with Gasteiger partial charge in [-0.25, -0.2) is 4.98 Å². The molecule has 0 N–H and O–H groups in total. The van der Waals surface area contributed by atoms with Crippen LogP contribution in [0.25, 0.3) is 22.0 Å². The minimum Gasteiger partial charge on any atom is -0.368 e. The molecule has 4 nitrogen and oxygen atoms in total. The molecule has 1 aliphatic heterocycles. The number of anilines is 2. The molecule has 28 heavy (non-hydrogen) atoms. The lowest BCUT2D eigenvalue weighted by Gasteiger charge is -2.36. The van der Waals surface area contributed by atoms with Crippen LogP contribution in [0.2, 0.25) is 0 Å². The number of para-hydroxylation sites is 1. The second-order valence-corrected chi connectivity index (χ2v) is 7.10. The Balaban J connectivity index is 1.39. The quantitative estimate of drug-likeness (QED) is 0.529. The van der Waals surface area contributed by atoms with Gasteiger partial charge in [0.05, 0.1) is 18.1 Å². The molecule has 4 aromatic rings. The van der Waals surface area contributed by atoms with Crippen molar-refractivity contribution in [2.75, 3.05) is 36.0 Å². The molecular weight excluding hydrogens is 344 g/mol. The van der Waals surface area contributed by atoms with Crippen molar-refractivity contribution in [3.63, 3.8) is 0 Å². The van der Waals surface area contributed by atoms with Crippen LogP contribution in [0.4, 0.5) is 11.5 Å². The Hall–Kier alpha value is -3.40. The molecule has 0 saturated carbocycles. The molecule has 0 radical (unpaired) electrons. The SMILES string of the molecule is c1ccc(N2CCN(c3cncc(-c4cccc5ccccc45)n3)CC2)cc1. The van der Waals surface area contributed by atoms with Crippen LogP contribution >= 0.6 is 0 Å². The molecule has 1 saturated heterocycles. The van der Waals surface area contributed by atoms with E-state index >= 15 is 0 Å². The van der Waals surface area contributed by atoms with E-state index in [1.165, 1.54) is 16.5 Å². The monoisotopic (exact) mass is 366 g/mol. The fourth-order valence-electron chi connectivity index (χ4n) is 3.92. The Morgan fingerprint density at radius 3 is 2.21 bits per heavy atom. The highest BCUT2D eigenvalue weighted by atomic mass is 15.3. The maximum atomic E-state index is 4.96. The topological polar surface area (TPSA) is 32.3 Å². The van der Waals surface area contributed by atoms with Crippen LogP contribution in [0.5, 0.6) is 0 Å². The Bertz CT molecular complexity index is 1080. The maximum absolute atomic E-state index is 4.96. The van der Waals surface area contributed by atoms with Gasteiger partial charge in [-0.1, -0.05) is 60.7 Å². The molecule has 5 rings (SSSR count). The smallest absolute Gasteiger partial charge is 0.147 e. The minimum absolute atomic E-state index is 0.930. The fraction of sp³-hybridized carbons (Fsp3) is 0.167. The number of piperazine rings is 1. The van der Waals surface area contributed by atoms with E-state index in [1.54, 1.807) is 0 Å². The van der Waals surface area contributed by atoms with E-state index in [4.69, 9.17) is 4.98 Å². The van der Waals surface area contributed by atoms with Gasteiger partial charge in [-0.3, -0.25) is 4.98 Å². The molecule has 1 fully saturated rings. The molecule has 1 aliphatic rings. The van der Waals surface area contributed by atoms with E-state index in [2.05, 4.69) is 87.6 Å². The summed E-state index contributed by atoms with van der Waals surface area (Å²) in [6.45, 7) is 3.87. The highest BCUT2D eigenvalue weighted by molar-refractivity contribution is 5.95. The summed E-state index contributed by atoms with van der Waals surface area (Å²) in [7, 11) is 0. The van der Waals surface area contributed by atoms with Gasteiger partial charge in [-0.05, 0) is 22.9 Å². The van der Waals surface area contributed by atoms with Crippen molar-refractivity contribution in [2.24, 2.45) is 0 Å². The molecular formula is C24H22N4. The van der Waals surface area contributed by atoms with Gasteiger partial charge in [0.2, 0.25) is 0 Å². The van der Waals surface area contributed by atoms with Crippen molar-refractivity contribution >= 4 is 22.3 Å². The highest BCUT2D eigenvalue weighted by Gasteiger charge is 2.19. The third kappa shape index (κ3) is 3.18. The number of hydrogen-bond acceptors (Lipinski definition) is 4. The second-order valence-electron chi connectivity index (χ2n) is 7.10. The number of benzene rings is 3. The molecule has 0 atom stereocenters. The average Bonchev–Trinajstić information content (AvgIpc) is 2.79. The molecule has 0 bridgehead atoms. The fourth-order valence-corrected chi connectivity index (χ4v) is 3.92. The third-order valence-electron chi connectivity index (χ3n) is 5.41. The van der Waals surface area contributed by atoms with Gasteiger partial charge in [0.25, 0.3) is 0 Å². The van der Waals surface area contributed by atoms with Gasteiger partial charge in [0, 0.05) is 37.4 Å². The third-order valence-corrected chi connectivity index (χ3v) is 5.41. The first-order valence-corrected chi connectivity index (χ1v) is 9.74. The Labute approximate surface area is 165 Å². The molecule has 3 aromatic carbocycles. The van der Waals surface area contributed by atoms with Gasteiger partial charge in [-0.2, -0.15) is 0 Å². The van der Waals surface area contributed by atoms with E-state index in [9.17, 15) is 0 Å². The predicted molar refractivity (Wildman–Crippen MR) is 116 cm³/mol. The number of hydrogen-bond donors (Lipinski definition) is 0. The standard InChI is InChI=1S/C24H22N4/c1-2-9-20(10-3-1)27-13-15-28(16-14-27)24-18-25-17-23(26-24)22-12-6-8-19-7-4-5-11-21(19)22/h1-12,17-18H,13-16H2. The van der Waals surface area contributed by atoms with Crippen LogP contribution in [0, 0.1) is 0 Å². The summed E-state index contributed by atoms with van der Waals surface area (Å²) in [5, 5.41) is 2.44. The Morgan fingerprint density at radius 1 is 0.643 bits per heavy atom. The van der Waals surface area contributed by atoms with Crippen molar-refractivity contribution in [1.82, 2.24) is 9.97 Å². The van der Waals surface area contributed by atoms with Crippen LogP contribution in [-0.4, -0.2) is 36.1 Å². The second kappa shape index (κ2) is 7.31. The lowest BCUT2D eigenvalue weighted by molar-refractivity contribution is 0.646. The van der Waals surface area contributed by atoms with Gasteiger partial charge in [-0.15, -0.1) is 0 Å². The van der Waals surface area contributed by atoms with E-state index in [1.807, 2.05) is 12.4 Å². The van der Waals surface area contributed by atoms with Crippen LogP contribution in [0.3, 0.4) is 0 Å². The number of nitrogens with zero attached hydrogens (tertiary/aromatic N) is 4. The van der Waals surface area contributed by atoms with Gasteiger partial charge in [0.15, 0.2) is 0 Å². The molecule has 1 aromatic heterocycles. The molecule has 138 valence electrons. The van der Waals surface area contributed by atoms with Crippen molar-refractivity contribution in [3.8, 4) is 11.3 Å². The predicted octanol–water partition coefficient (Wildman–Crippen LogP) is 4.62. The normalized spacial score (nSPS) is 14.4. The zero-order chi connectivity index (χ0) is 18.8. The molecule has 0 unspecified atom stereocenters. The zero-order valence-electron chi connectivity index (χ0n) is 15.7. The Morgan fingerprint density at radius 2 is 1.36 bits per heavy atom. The van der Waals surface area contributed by atoms with E-state index in [-0.39, 0.29) is 0 Å². The van der Waals surface area contributed by atoms with Gasteiger partial charge < -0.3 is 9.80 Å². The summed E-state index contributed by atoms with van der Waals surface area (Å²) in [5.74, 6) is 0.957. The van der Waals surface area contributed by atoms with Gasteiger partial charge >= 0.3 is 0 Å². The summed E-state index contributed by atoms with van der Waals surface area (Å²) in [6, 6.07) is 25.4. The van der Waals surface area contributed by atoms with Crippen molar-refractivity contribution in [3.05, 3.63) is 85.2 Å². The molecule has 0 amide bonds. The first kappa shape index (κ1) is 16.8. The number of rotatable bonds is 3. The lowest BCUT2D eigenvalue weighted by Crippen LogP contribution is -2.46. The zero-order valence-corrected chi connectivity index (χ0v) is 15.7. The summed E-state index contributed by atoms with van der Waals surface area (Å²) >= 11 is 0. The van der Waals surface area contributed by atoms with E-state index in [0.717, 1.165) is 43.3 Å². The maximum Gasteiger partial charge on any atom is 0.147 e. The minimum atomic E-state index is 0.930. The number of fused-ring (bicyclic) bond motifs is 1. The highest BCUT2D eigenvalue weighted by Crippen LogP contribution is 2.28. The summed E-state index contributed by atoms with van der Waals surface area (Å²) in [6.07, 6.45) is 3.75. The molecule has 0 spiro atoms. The van der Waals surface area contributed by atoms with Crippen LogP contribution in [0.1, 0.15) is 0 Å². The van der Waals surface area contributed by atoms with Crippen LogP contribution in [0.15, 0.2) is 85.2 Å². The lowest BCUT2D eigenvalue weighted by atomic mass is 10.0. The average molecular weight is 366 g/mol. The summed E-state index contributed by atoms with van der Waals surface area (Å²) in [5.41, 5.74) is 3.35. The van der Waals surface area contributed by atoms with Gasteiger partial charge in [0.1, 0.15) is 5.82 Å². The summed E-state index contributed by atoms with van der Waals surface area (Å²) < 4.78 is 0. The Kier molecular flexibility index (Phi) is 4.37. The van der Waals surface area contributed by atoms with Crippen molar-refractivity contribution in [2.45, 2.75) is 0 Å². The van der Waals surface area contributed by atoms with Crippen molar-refractivity contribution in [1.29, 1.82) is 0 Å². The molecule has 4 heteroatoms. The molecule has 0 aliphatic carbocycles. The van der Waals surface area contributed by atoms with Crippen LogP contribution < -0.4 is 9.80 Å². The summed E-state index contributed by atoms with van der Waals surface area (Å²) in [4.78, 5) is 14.2.